The van der Waals surface area contributed by atoms with Crippen LogP contribution in [0.25, 0.3) is 0 Å². The highest BCUT2D eigenvalue weighted by Crippen LogP contribution is 2.38. The van der Waals surface area contributed by atoms with Gasteiger partial charge < -0.3 is 14.8 Å². The first-order valence-corrected chi connectivity index (χ1v) is 7.18. The first-order valence-electron chi connectivity index (χ1n) is 7.18. The lowest BCUT2D eigenvalue weighted by Crippen LogP contribution is -2.27. The second-order valence-electron chi connectivity index (χ2n) is 4.81. The van der Waals surface area contributed by atoms with Gasteiger partial charge in [0.1, 0.15) is 17.4 Å². The highest BCUT2D eigenvalue weighted by Gasteiger charge is 2.31. The highest BCUT2D eigenvalue weighted by atomic mass is 16.5. The topological polar surface area (TPSA) is 30.5 Å². The summed E-state index contributed by atoms with van der Waals surface area (Å²) in [6, 6.07) is 10.4. The zero-order valence-corrected chi connectivity index (χ0v) is 12.7. The maximum absolute atomic E-state index is 5.89. The molecular formula is C17H23NO2. The summed E-state index contributed by atoms with van der Waals surface area (Å²) < 4.78 is 11.8. The van der Waals surface area contributed by atoms with Gasteiger partial charge in [-0.25, -0.2) is 0 Å². The summed E-state index contributed by atoms with van der Waals surface area (Å²) >= 11 is 0. The van der Waals surface area contributed by atoms with Gasteiger partial charge in [0.05, 0.1) is 24.6 Å². The van der Waals surface area contributed by atoms with Gasteiger partial charge in [0, 0.05) is 0 Å². The monoisotopic (exact) mass is 273 g/mol. The van der Waals surface area contributed by atoms with Crippen molar-refractivity contribution < 1.29 is 9.47 Å². The number of benzene rings is 1. The van der Waals surface area contributed by atoms with Crippen LogP contribution in [0.1, 0.15) is 39.2 Å². The van der Waals surface area contributed by atoms with Crippen LogP contribution >= 0.6 is 0 Å². The Balaban J connectivity index is 2.49. The molecule has 0 saturated heterocycles. The summed E-state index contributed by atoms with van der Waals surface area (Å²) in [5.41, 5.74) is 3.31. The first-order chi connectivity index (χ1) is 9.69. The van der Waals surface area contributed by atoms with Crippen LogP contribution in [0, 0.1) is 0 Å². The van der Waals surface area contributed by atoms with E-state index >= 15 is 0 Å². The van der Waals surface area contributed by atoms with E-state index in [1.54, 1.807) is 0 Å². The van der Waals surface area contributed by atoms with E-state index in [4.69, 9.17) is 9.47 Å². The number of ether oxygens (including phenoxy) is 2. The van der Waals surface area contributed by atoms with Crippen LogP contribution in [-0.2, 0) is 9.47 Å². The summed E-state index contributed by atoms with van der Waals surface area (Å²) in [5.74, 6) is 1.94. The highest BCUT2D eigenvalue weighted by molar-refractivity contribution is 5.41. The van der Waals surface area contributed by atoms with Crippen molar-refractivity contribution >= 4 is 0 Å². The van der Waals surface area contributed by atoms with Gasteiger partial charge >= 0.3 is 0 Å². The van der Waals surface area contributed by atoms with Gasteiger partial charge in [0.25, 0.3) is 0 Å². The molecule has 3 heteroatoms. The third-order valence-electron chi connectivity index (χ3n) is 3.37. The maximum atomic E-state index is 5.89. The number of hydrogen-bond donors (Lipinski definition) is 1. The van der Waals surface area contributed by atoms with Gasteiger partial charge in [-0.2, -0.15) is 0 Å². The fourth-order valence-corrected chi connectivity index (χ4v) is 2.60. The zero-order valence-electron chi connectivity index (χ0n) is 12.7. The summed E-state index contributed by atoms with van der Waals surface area (Å²) in [6.07, 6.45) is 0. The van der Waals surface area contributed by atoms with Crippen molar-refractivity contribution in [2.75, 3.05) is 13.2 Å². The van der Waals surface area contributed by atoms with Gasteiger partial charge in [-0.15, -0.1) is 0 Å². The Labute approximate surface area is 121 Å². The Bertz CT molecular complexity index is 489. The number of hydrogen-bond acceptors (Lipinski definition) is 3. The van der Waals surface area contributed by atoms with E-state index in [0.29, 0.717) is 13.2 Å². The molecule has 2 rings (SSSR count). The number of rotatable bonds is 5. The molecule has 108 valence electrons. The van der Waals surface area contributed by atoms with Crippen molar-refractivity contribution in [2.45, 2.75) is 33.6 Å². The number of nitrogens with one attached hydrogen (secondary N) is 1. The van der Waals surface area contributed by atoms with Crippen molar-refractivity contribution in [3.05, 3.63) is 58.8 Å². The minimum absolute atomic E-state index is 0.0392. The standard InChI is InChI=1S/C17H23NO2/c1-5-19-16-12(3)18-13(4)17(20-6-2)15(16)14-10-8-7-9-11-14/h7-11,15,18H,5-6H2,1-4H3. The molecule has 0 saturated carbocycles. The Kier molecular flexibility index (Phi) is 4.72. The molecule has 0 atom stereocenters. The molecule has 0 radical (unpaired) electrons. The van der Waals surface area contributed by atoms with E-state index in [9.17, 15) is 0 Å². The molecule has 1 aromatic rings. The lowest BCUT2D eigenvalue weighted by Gasteiger charge is -2.31. The van der Waals surface area contributed by atoms with Gasteiger partial charge in [-0.3, -0.25) is 0 Å². The van der Waals surface area contributed by atoms with Crippen molar-refractivity contribution in [3.63, 3.8) is 0 Å². The average molecular weight is 273 g/mol. The fraction of sp³-hybridized carbons (Fsp3) is 0.412. The van der Waals surface area contributed by atoms with Crippen LogP contribution in [0.3, 0.4) is 0 Å². The van der Waals surface area contributed by atoms with E-state index in [1.807, 2.05) is 33.8 Å². The van der Waals surface area contributed by atoms with Crippen molar-refractivity contribution in [1.82, 2.24) is 5.32 Å². The molecule has 1 aliphatic heterocycles. The van der Waals surface area contributed by atoms with Crippen molar-refractivity contribution in [2.24, 2.45) is 0 Å². The molecule has 20 heavy (non-hydrogen) atoms. The molecule has 1 aromatic carbocycles. The van der Waals surface area contributed by atoms with E-state index in [2.05, 4.69) is 29.6 Å². The molecule has 3 nitrogen and oxygen atoms in total. The van der Waals surface area contributed by atoms with Crippen molar-refractivity contribution in [3.8, 4) is 0 Å². The zero-order chi connectivity index (χ0) is 14.5. The second-order valence-corrected chi connectivity index (χ2v) is 4.81. The molecular weight excluding hydrogens is 250 g/mol. The molecule has 0 spiro atoms. The predicted octanol–water partition coefficient (Wildman–Crippen LogP) is 3.91. The van der Waals surface area contributed by atoms with Crippen LogP contribution < -0.4 is 5.32 Å². The van der Waals surface area contributed by atoms with E-state index in [-0.39, 0.29) is 5.92 Å². The summed E-state index contributed by atoms with van der Waals surface area (Å²) in [7, 11) is 0. The Morgan fingerprint density at radius 1 is 0.900 bits per heavy atom. The molecule has 0 fully saturated rings. The Morgan fingerprint density at radius 3 is 1.85 bits per heavy atom. The van der Waals surface area contributed by atoms with E-state index < -0.39 is 0 Å². The predicted molar refractivity (Wildman–Crippen MR) is 81.0 cm³/mol. The third-order valence-corrected chi connectivity index (χ3v) is 3.37. The van der Waals surface area contributed by atoms with Crippen molar-refractivity contribution in [1.29, 1.82) is 0 Å². The fourth-order valence-electron chi connectivity index (χ4n) is 2.60. The summed E-state index contributed by atoms with van der Waals surface area (Å²) in [4.78, 5) is 0. The van der Waals surface area contributed by atoms with E-state index in [0.717, 1.165) is 22.9 Å². The molecule has 0 bridgehead atoms. The lowest BCUT2D eigenvalue weighted by atomic mass is 9.90. The third kappa shape index (κ3) is 2.82. The van der Waals surface area contributed by atoms with E-state index in [1.165, 1.54) is 5.56 Å². The molecule has 0 aliphatic carbocycles. The van der Waals surface area contributed by atoms with Crippen LogP contribution in [0.15, 0.2) is 53.2 Å². The SMILES string of the molecule is CCOC1=C(C)NC(C)=C(OCC)C1c1ccccc1. The molecule has 0 aromatic heterocycles. The average Bonchev–Trinajstić information content (AvgIpc) is 2.45. The second kappa shape index (κ2) is 6.51. The summed E-state index contributed by atoms with van der Waals surface area (Å²) in [6.45, 7) is 9.41. The van der Waals surface area contributed by atoms with Crippen LogP contribution in [-0.4, -0.2) is 13.2 Å². The lowest BCUT2D eigenvalue weighted by molar-refractivity contribution is 0.157. The van der Waals surface area contributed by atoms with Gasteiger partial charge in [-0.1, -0.05) is 30.3 Å². The normalized spacial score (nSPS) is 16.2. The molecule has 1 aliphatic rings. The minimum Gasteiger partial charge on any atom is -0.495 e. The molecule has 0 amide bonds. The minimum atomic E-state index is 0.0392. The summed E-state index contributed by atoms with van der Waals surface area (Å²) in [5, 5.41) is 3.36. The quantitative estimate of drug-likeness (QED) is 0.882. The first kappa shape index (κ1) is 14.5. The Morgan fingerprint density at radius 2 is 1.40 bits per heavy atom. The van der Waals surface area contributed by atoms with Gasteiger partial charge in [-0.05, 0) is 33.3 Å². The maximum Gasteiger partial charge on any atom is 0.130 e. The van der Waals surface area contributed by atoms with Gasteiger partial charge in [0.15, 0.2) is 0 Å². The Hall–Kier alpha value is -1.90. The smallest absolute Gasteiger partial charge is 0.130 e. The van der Waals surface area contributed by atoms with Crippen LogP contribution in [0.2, 0.25) is 0 Å². The number of dihydropyridines is 1. The largest absolute Gasteiger partial charge is 0.495 e. The molecule has 1 N–H and O–H groups in total. The number of allylic oxidation sites excluding steroid dienone is 2. The molecule has 1 heterocycles. The molecule has 0 unspecified atom stereocenters. The van der Waals surface area contributed by atoms with Crippen LogP contribution in [0.5, 0.6) is 0 Å². The van der Waals surface area contributed by atoms with Gasteiger partial charge in [0.2, 0.25) is 0 Å². The van der Waals surface area contributed by atoms with Crippen LogP contribution in [0.4, 0.5) is 0 Å².